The van der Waals surface area contributed by atoms with Gasteiger partial charge in [0.1, 0.15) is 5.75 Å². The molecule has 1 amide bonds. The number of nitrogens with zero attached hydrogens (tertiary/aromatic N) is 1. The average Bonchev–Trinajstić information content (AvgIpc) is 2.78. The molecule has 8 heteroatoms. The van der Waals surface area contributed by atoms with E-state index in [-0.39, 0.29) is 12.5 Å². The number of ether oxygens (including phenoxy) is 1. The van der Waals surface area contributed by atoms with Crippen LogP contribution in [0.5, 0.6) is 5.75 Å². The zero-order valence-corrected chi connectivity index (χ0v) is 19.5. The first kappa shape index (κ1) is 23.6. The van der Waals surface area contributed by atoms with Gasteiger partial charge < -0.3 is 10.1 Å². The number of nitrogens with one attached hydrogen (secondary N) is 1. The van der Waals surface area contributed by atoms with Gasteiger partial charge in [0, 0.05) is 17.1 Å². The third kappa shape index (κ3) is 6.48. The topological polar surface area (TPSA) is 75.7 Å². The van der Waals surface area contributed by atoms with E-state index in [0.717, 1.165) is 23.1 Å². The molecule has 0 fully saturated rings. The molecule has 0 unspecified atom stereocenters. The predicted octanol–water partition coefficient (Wildman–Crippen LogP) is 4.29. The molecular weight excluding hydrogens is 448 g/mol. The first-order chi connectivity index (χ1) is 15.3. The molecule has 0 saturated heterocycles. The zero-order chi connectivity index (χ0) is 23.1. The summed E-state index contributed by atoms with van der Waals surface area (Å²) in [5.41, 5.74) is 2.84. The molecular formula is C24H25ClN2O4S. The van der Waals surface area contributed by atoms with E-state index in [4.69, 9.17) is 16.3 Å². The van der Waals surface area contributed by atoms with Gasteiger partial charge in [0.15, 0.2) is 0 Å². The summed E-state index contributed by atoms with van der Waals surface area (Å²) in [6, 6.07) is 21.2. The Bertz CT molecular complexity index is 1150. The van der Waals surface area contributed by atoms with Crippen molar-refractivity contribution in [3.8, 4) is 5.75 Å². The minimum Gasteiger partial charge on any atom is -0.497 e. The van der Waals surface area contributed by atoms with E-state index >= 15 is 0 Å². The Morgan fingerprint density at radius 3 is 2.09 bits per heavy atom. The molecule has 0 heterocycles. The van der Waals surface area contributed by atoms with Crippen LogP contribution in [0.4, 0.5) is 5.69 Å². The fraction of sp³-hybridized carbons (Fsp3) is 0.208. The van der Waals surface area contributed by atoms with Gasteiger partial charge in [-0.25, -0.2) is 8.42 Å². The van der Waals surface area contributed by atoms with Crippen LogP contribution in [0.15, 0.2) is 72.8 Å². The van der Waals surface area contributed by atoms with Crippen molar-refractivity contribution < 1.29 is 17.9 Å². The maximum absolute atomic E-state index is 12.5. The maximum atomic E-state index is 12.5. The first-order valence-electron chi connectivity index (χ1n) is 9.99. The fourth-order valence-electron chi connectivity index (χ4n) is 3.15. The molecule has 0 aliphatic carbocycles. The molecule has 0 atom stereocenters. The van der Waals surface area contributed by atoms with E-state index in [1.54, 1.807) is 55.6 Å². The Morgan fingerprint density at radius 1 is 0.938 bits per heavy atom. The second-order valence-corrected chi connectivity index (χ2v) is 9.64. The lowest BCUT2D eigenvalue weighted by Gasteiger charge is -2.23. The van der Waals surface area contributed by atoms with Gasteiger partial charge >= 0.3 is 0 Å². The van der Waals surface area contributed by atoms with Gasteiger partial charge in [-0.3, -0.25) is 9.10 Å². The van der Waals surface area contributed by atoms with E-state index in [1.807, 2.05) is 24.3 Å². The lowest BCUT2D eigenvalue weighted by Crippen LogP contribution is -2.29. The highest BCUT2D eigenvalue weighted by molar-refractivity contribution is 7.92. The Hall–Kier alpha value is -3.03. The highest BCUT2D eigenvalue weighted by Gasteiger charge is 2.18. The van der Waals surface area contributed by atoms with Crippen molar-refractivity contribution in [2.45, 2.75) is 13.0 Å². The molecule has 0 radical (unpaired) electrons. The summed E-state index contributed by atoms with van der Waals surface area (Å²) >= 11 is 5.91. The molecule has 0 saturated carbocycles. The van der Waals surface area contributed by atoms with Crippen molar-refractivity contribution in [1.82, 2.24) is 5.32 Å². The van der Waals surface area contributed by atoms with E-state index in [2.05, 4.69) is 5.32 Å². The summed E-state index contributed by atoms with van der Waals surface area (Å²) in [6.07, 6.45) is 1.85. The Balaban J connectivity index is 1.63. The number of methoxy groups -OCH3 is 1. The van der Waals surface area contributed by atoms with Crippen LogP contribution in [0.3, 0.4) is 0 Å². The molecule has 0 spiro atoms. The molecule has 0 aliphatic rings. The molecule has 6 nitrogen and oxygen atoms in total. The van der Waals surface area contributed by atoms with Crippen molar-refractivity contribution in [3.63, 3.8) is 0 Å². The molecule has 0 aromatic heterocycles. The Kier molecular flexibility index (Phi) is 7.77. The van der Waals surface area contributed by atoms with E-state index in [9.17, 15) is 13.2 Å². The van der Waals surface area contributed by atoms with E-state index in [1.165, 1.54) is 4.31 Å². The summed E-state index contributed by atoms with van der Waals surface area (Å²) in [5, 5.41) is 3.47. The second kappa shape index (κ2) is 10.5. The van der Waals surface area contributed by atoms with Gasteiger partial charge in [-0.2, -0.15) is 0 Å². The van der Waals surface area contributed by atoms with Crippen LogP contribution in [0.1, 0.15) is 21.5 Å². The summed E-state index contributed by atoms with van der Waals surface area (Å²) in [7, 11) is -1.90. The van der Waals surface area contributed by atoms with Crippen molar-refractivity contribution in [1.29, 1.82) is 0 Å². The standard InChI is InChI=1S/C24H25ClN2O4S/c1-31-23-13-5-18(6-14-23)15-16-26-24(28)20-7-11-22(12-8-20)27(32(2,29)30)17-19-3-9-21(25)10-4-19/h3-14H,15-17H2,1-2H3,(H,26,28). The lowest BCUT2D eigenvalue weighted by atomic mass is 10.1. The van der Waals surface area contributed by atoms with Crippen molar-refractivity contribution in [2.75, 3.05) is 24.2 Å². The highest BCUT2D eigenvalue weighted by atomic mass is 35.5. The minimum absolute atomic E-state index is 0.170. The molecule has 3 rings (SSSR count). The number of carbonyl (C=O) groups is 1. The van der Waals surface area contributed by atoms with Crippen LogP contribution in [0, 0.1) is 0 Å². The summed E-state index contributed by atoms with van der Waals surface area (Å²) in [5.74, 6) is 0.575. The SMILES string of the molecule is COc1ccc(CCNC(=O)c2ccc(N(Cc3ccc(Cl)cc3)S(C)(=O)=O)cc2)cc1. The van der Waals surface area contributed by atoms with Crippen LogP contribution in [0.2, 0.25) is 5.02 Å². The molecule has 0 aliphatic heterocycles. The van der Waals surface area contributed by atoms with Crippen molar-refractivity contribution in [2.24, 2.45) is 0 Å². The van der Waals surface area contributed by atoms with Crippen molar-refractivity contribution in [3.05, 3.63) is 94.5 Å². The number of benzene rings is 3. The summed E-state index contributed by atoms with van der Waals surface area (Å²) in [4.78, 5) is 12.5. The van der Waals surface area contributed by atoms with Gasteiger partial charge in [0.05, 0.1) is 25.6 Å². The number of halogens is 1. The largest absolute Gasteiger partial charge is 0.497 e. The molecule has 32 heavy (non-hydrogen) atoms. The molecule has 3 aromatic rings. The molecule has 1 N–H and O–H groups in total. The number of hydrogen-bond acceptors (Lipinski definition) is 4. The van der Waals surface area contributed by atoms with Crippen LogP contribution >= 0.6 is 11.6 Å². The molecule has 168 valence electrons. The molecule has 3 aromatic carbocycles. The summed E-state index contributed by atoms with van der Waals surface area (Å²) in [6.45, 7) is 0.655. The number of carbonyl (C=O) groups excluding carboxylic acids is 1. The fourth-order valence-corrected chi connectivity index (χ4v) is 4.16. The van der Waals surface area contributed by atoms with Gasteiger partial charge in [-0.1, -0.05) is 35.9 Å². The number of rotatable bonds is 9. The van der Waals surface area contributed by atoms with E-state index < -0.39 is 10.0 Å². The first-order valence-corrected chi connectivity index (χ1v) is 12.2. The van der Waals surface area contributed by atoms with Gasteiger partial charge in [0.25, 0.3) is 5.91 Å². The minimum atomic E-state index is -3.52. The summed E-state index contributed by atoms with van der Waals surface area (Å²) < 4.78 is 31.1. The van der Waals surface area contributed by atoms with Crippen LogP contribution in [-0.2, 0) is 23.0 Å². The number of amides is 1. The smallest absolute Gasteiger partial charge is 0.251 e. The van der Waals surface area contributed by atoms with Gasteiger partial charge in [-0.15, -0.1) is 0 Å². The Morgan fingerprint density at radius 2 is 1.53 bits per heavy atom. The zero-order valence-electron chi connectivity index (χ0n) is 17.9. The Labute approximate surface area is 193 Å². The average molecular weight is 473 g/mol. The monoisotopic (exact) mass is 472 g/mol. The predicted molar refractivity (Wildman–Crippen MR) is 128 cm³/mol. The third-order valence-corrected chi connectivity index (χ3v) is 6.31. The number of anilines is 1. The number of hydrogen-bond donors (Lipinski definition) is 1. The quantitative estimate of drug-likeness (QED) is 0.504. The molecule has 0 bridgehead atoms. The van der Waals surface area contributed by atoms with Gasteiger partial charge in [-0.05, 0) is 66.1 Å². The third-order valence-electron chi connectivity index (χ3n) is 4.92. The lowest BCUT2D eigenvalue weighted by molar-refractivity contribution is 0.0954. The van der Waals surface area contributed by atoms with Crippen LogP contribution in [-0.4, -0.2) is 34.2 Å². The van der Waals surface area contributed by atoms with E-state index in [0.29, 0.717) is 29.2 Å². The normalized spacial score (nSPS) is 11.1. The highest BCUT2D eigenvalue weighted by Crippen LogP contribution is 2.22. The van der Waals surface area contributed by atoms with Crippen molar-refractivity contribution >= 4 is 33.2 Å². The number of sulfonamides is 1. The van der Waals surface area contributed by atoms with Crippen LogP contribution in [0.25, 0.3) is 0 Å². The maximum Gasteiger partial charge on any atom is 0.251 e. The second-order valence-electron chi connectivity index (χ2n) is 7.30. The van der Waals surface area contributed by atoms with Gasteiger partial charge in [0.2, 0.25) is 10.0 Å². The van der Waals surface area contributed by atoms with Crippen LogP contribution < -0.4 is 14.4 Å².